The summed E-state index contributed by atoms with van der Waals surface area (Å²) in [6.45, 7) is 3.37. The molecule has 4 nitrogen and oxygen atoms in total. The molecular formula is C12H24BrNO3S. The fraction of sp³-hybridized carbons (Fsp3) is 1.00. The van der Waals surface area contributed by atoms with E-state index in [9.17, 15) is 8.42 Å². The molecule has 0 amide bonds. The number of rotatable bonds is 9. The molecule has 1 N–H and O–H groups in total. The van der Waals surface area contributed by atoms with E-state index >= 15 is 0 Å². The van der Waals surface area contributed by atoms with Crippen molar-refractivity contribution in [2.45, 2.75) is 45.1 Å². The topological polar surface area (TPSA) is 55.4 Å². The van der Waals surface area contributed by atoms with Gasteiger partial charge in [-0.25, -0.2) is 13.1 Å². The highest BCUT2D eigenvalue weighted by Crippen LogP contribution is 2.15. The van der Waals surface area contributed by atoms with Gasteiger partial charge in [-0.2, -0.15) is 0 Å². The third-order valence-corrected chi connectivity index (χ3v) is 5.11. The third kappa shape index (κ3) is 6.50. The Morgan fingerprint density at radius 2 is 2.22 bits per heavy atom. The zero-order valence-corrected chi connectivity index (χ0v) is 13.4. The maximum Gasteiger partial charge on any atom is 0.214 e. The number of sulfonamides is 1. The highest BCUT2D eigenvalue weighted by Gasteiger charge is 2.23. The summed E-state index contributed by atoms with van der Waals surface area (Å²) in [5.74, 6) is 0.536. The van der Waals surface area contributed by atoms with E-state index < -0.39 is 10.0 Å². The van der Waals surface area contributed by atoms with Crippen molar-refractivity contribution < 1.29 is 13.2 Å². The van der Waals surface area contributed by atoms with Gasteiger partial charge in [0.05, 0.1) is 11.9 Å². The van der Waals surface area contributed by atoms with Crippen molar-refractivity contribution >= 4 is 26.0 Å². The van der Waals surface area contributed by atoms with Crippen LogP contribution < -0.4 is 4.72 Å². The quantitative estimate of drug-likeness (QED) is 0.654. The van der Waals surface area contributed by atoms with Gasteiger partial charge < -0.3 is 4.74 Å². The lowest BCUT2D eigenvalue weighted by atomic mass is 10.0. The van der Waals surface area contributed by atoms with Gasteiger partial charge in [0, 0.05) is 18.5 Å². The number of hydrogen-bond acceptors (Lipinski definition) is 3. The van der Waals surface area contributed by atoms with Gasteiger partial charge in [0.25, 0.3) is 0 Å². The number of nitrogens with one attached hydrogen (secondary N) is 1. The number of hydrogen-bond donors (Lipinski definition) is 1. The molecule has 1 aliphatic rings. The molecule has 0 saturated carbocycles. The molecule has 2 unspecified atom stereocenters. The zero-order chi connectivity index (χ0) is 13.4. The third-order valence-electron chi connectivity index (χ3n) is 3.24. The van der Waals surface area contributed by atoms with Crippen LogP contribution >= 0.6 is 15.9 Å². The Morgan fingerprint density at radius 1 is 1.44 bits per heavy atom. The normalized spacial score (nSPS) is 22.2. The summed E-state index contributed by atoms with van der Waals surface area (Å²) in [4.78, 5) is 0. The predicted molar refractivity (Wildman–Crippen MR) is 77.6 cm³/mol. The smallest absolute Gasteiger partial charge is 0.214 e. The van der Waals surface area contributed by atoms with E-state index in [0.717, 1.165) is 37.4 Å². The first kappa shape index (κ1) is 16.4. The summed E-state index contributed by atoms with van der Waals surface area (Å²) in [7, 11) is -3.19. The number of ether oxygens (including phenoxy) is 1. The van der Waals surface area contributed by atoms with Gasteiger partial charge in [-0.15, -0.1) is 0 Å². The summed E-state index contributed by atoms with van der Waals surface area (Å²) in [6, 6.07) is 0. The summed E-state index contributed by atoms with van der Waals surface area (Å²) < 4.78 is 31.9. The van der Waals surface area contributed by atoms with Crippen molar-refractivity contribution in [2.75, 3.05) is 24.2 Å². The molecule has 1 fully saturated rings. The Bertz CT molecular complexity index is 309. The van der Waals surface area contributed by atoms with Crippen molar-refractivity contribution in [3.63, 3.8) is 0 Å². The van der Waals surface area contributed by atoms with Crippen LogP contribution in [0.1, 0.15) is 39.0 Å². The average Bonchev–Trinajstić information content (AvgIpc) is 2.79. The Morgan fingerprint density at radius 3 is 2.78 bits per heavy atom. The largest absolute Gasteiger partial charge is 0.377 e. The molecule has 0 aromatic carbocycles. The average molecular weight is 342 g/mol. The molecule has 2 atom stereocenters. The second-order valence-electron chi connectivity index (χ2n) is 4.90. The van der Waals surface area contributed by atoms with Crippen LogP contribution in [0.4, 0.5) is 0 Å². The monoisotopic (exact) mass is 341 g/mol. The lowest BCUT2D eigenvalue weighted by Crippen LogP contribution is -2.35. The molecule has 1 aliphatic heterocycles. The molecular weight excluding hydrogens is 318 g/mol. The van der Waals surface area contributed by atoms with E-state index in [1.165, 1.54) is 0 Å². The van der Waals surface area contributed by atoms with E-state index in [1.807, 2.05) is 0 Å². The van der Waals surface area contributed by atoms with Crippen LogP contribution in [0.15, 0.2) is 0 Å². The van der Waals surface area contributed by atoms with Gasteiger partial charge >= 0.3 is 0 Å². The summed E-state index contributed by atoms with van der Waals surface area (Å²) in [5, 5.41) is 0.922. The molecule has 1 rings (SSSR count). The minimum absolute atomic E-state index is 0.108. The highest BCUT2D eigenvalue weighted by atomic mass is 79.9. The van der Waals surface area contributed by atoms with Gasteiger partial charge in [0.1, 0.15) is 0 Å². The van der Waals surface area contributed by atoms with E-state index in [0.29, 0.717) is 19.1 Å². The van der Waals surface area contributed by atoms with Crippen molar-refractivity contribution in [1.82, 2.24) is 4.72 Å². The summed E-state index contributed by atoms with van der Waals surface area (Å²) in [5.41, 5.74) is 0. The van der Waals surface area contributed by atoms with E-state index in [-0.39, 0.29) is 11.9 Å². The second kappa shape index (κ2) is 8.51. The van der Waals surface area contributed by atoms with Crippen LogP contribution in [0.2, 0.25) is 0 Å². The van der Waals surface area contributed by atoms with E-state index in [2.05, 4.69) is 27.6 Å². The Labute approximate surface area is 119 Å². The van der Waals surface area contributed by atoms with Crippen molar-refractivity contribution in [2.24, 2.45) is 5.92 Å². The van der Waals surface area contributed by atoms with Gasteiger partial charge in [-0.1, -0.05) is 29.3 Å². The number of halogens is 1. The molecule has 108 valence electrons. The van der Waals surface area contributed by atoms with Crippen LogP contribution in [0.5, 0.6) is 0 Å². The van der Waals surface area contributed by atoms with Crippen LogP contribution in [0.25, 0.3) is 0 Å². The van der Waals surface area contributed by atoms with Gasteiger partial charge in [0.2, 0.25) is 10.0 Å². The fourth-order valence-corrected chi connectivity index (χ4v) is 4.24. The minimum atomic E-state index is -3.19. The van der Waals surface area contributed by atoms with Gasteiger partial charge in [-0.3, -0.25) is 0 Å². The fourth-order valence-electron chi connectivity index (χ4n) is 2.24. The zero-order valence-electron chi connectivity index (χ0n) is 11.0. The molecule has 0 aliphatic carbocycles. The molecule has 0 bridgehead atoms. The molecule has 0 aromatic heterocycles. The molecule has 1 saturated heterocycles. The van der Waals surface area contributed by atoms with Crippen LogP contribution in [0.3, 0.4) is 0 Å². The Balaban J connectivity index is 2.34. The molecule has 1 heterocycles. The highest BCUT2D eigenvalue weighted by molar-refractivity contribution is 9.09. The van der Waals surface area contributed by atoms with E-state index in [1.54, 1.807) is 0 Å². The van der Waals surface area contributed by atoms with Crippen LogP contribution in [-0.4, -0.2) is 38.8 Å². The van der Waals surface area contributed by atoms with Crippen LogP contribution in [-0.2, 0) is 14.8 Å². The maximum atomic E-state index is 11.9. The van der Waals surface area contributed by atoms with Crippen LogP contribution in [0, 0.1) is 5.92 Å². The first-order valence-corrected chi connectivity index (χ1v) is 9.49. The summed E-state index contributed by atoms with van der Waals surface area (Å²) in [6.07, 6.45) is 4.89. The Kier molecular flexibility index (Phi) is 7.75. The predicted octanol–water partition coefficient (Wildman–Crippen LogP) is 2.29. The molecule has 0 aromatic rings. The maximum absolute atomic E-state index is 11.9. The molecule has 0 spiro atoms. The number of alkyl halides is 1. The van der Waals surface area contributed by atoms with Crippen molar-refractivity contribution in [3.05, 3.63) is 0 Å². The lowest BCUT2D eigenvalue weighted by molar-refractivity contribution is 0.127. The van der Waals surface area contributed by atoms with Crippen molar-refractivity contribution in [3.8, 4) is 0 Å². The first-order chi connectivity index (χ1) is 8.57. The lowest BCUT2D eigenvalue weighted by Gasteiger charge is -2.17. The first-order valence-electron chi connectivity index (χ1n) is 6.72. The van der Waals surface area contributed by atoms with Gasteiger partial charge in [-0.05, 0) is 31.6 Å². The molecule has 6 heteroatoms. The summed E-state index contributed by atoms with van der Waals surface area (Å²) >= 11 is 3.41. The minimum Gasteiger partial charge on any atom is -0.377 e. The standard InChI is InChI=1S/C12H24BrNO3S/c1-2-4-11(6-7-13)9-14-18(15,16)10-12-5-3-8-17-12/h11-12,14H,2-10H2,1H3. The molecule has 18 heavy (non-hydrogen) atoms. The Hall–Kier alpha value is 0.350. The SMILES string of the molecule is CCCC(CCBr)CNS(=O)(=O)CC1CCCO1. The molecule has 0 radical (unpaired) electrons. The van der Waals surface area contributed by atoms with Gasteiger partial charge in [0.15, 0.2) is 0 Å². The van der Waals surface area contributed by atoms with Crippen molar-refractivity contribution in [1.29, 1.82) is 0 Å². The van der Waals surface area contributed by atoms with E-state index in [4.69, 9.17) is 4.74 Å². The second-order valence-corrected chi connectivity index (χ2v) is 7.54.